The quantitative estimate of drug-likeness (QED) is 0.771. The molecular weight excluding hydrogens is 232 g/mol. The van der Waals surface area contributed by atoms with Crippen LogP contribution in [-0.4, -0.2) is 43.9 Å². The third-order valence-corrected chi connectivity index (χ3v) is 4.17. The first kappa shape index (κ1) is 14.0. The van der Waals surface area contributed by atoms with Crippen LogP contribution in [0.25, 0.3) is 0 Å². The van der Waals surface area contributed by atoms with Crippen molar-refractivity contribution in [3.8, 4) is 0 Å². The summed E-state index contributed by atoms with van der Waals surface area (Å²) in [5, 5.41) is 0. The predicted octanol–water partition coefficient (Wildman–Crippen LogP) is 1.96. The molecule has 0 amide bonds. The highest BCUT2D eigenvalue weighted by Gasteiger charge is 2.43. The Balaban J connectivity index is 1.94. The van der Waals surface area contributed by atoms with E-state index in [1.165, 1.54) is 0 Å². The van der Waals surface area contributed by atoms with Gasteiger partial charge in [-0.3, -0.25) is 4.79 Å². The normalized spacial score (nSPS) is 32.9. The number of ether oxygens (including phenoxy) is 3. The molecule has 2 saturated heterocycles. The van der Waals surface area contributed by atoms with Crippen LogP contribution < -0.4 is 0 Å². The summed E-state index contributed by atoms with van der Waals surface area (Å²) in [6, 6.07) is 0. The van der Waals surface area contributed by atoms with Crippen LogP contribution in [-0.2, 0) is 19.0 Å². The van der Waals surface area contributed by atoms with Crippen molar-refractivity contribution in [3.05, 3.63) is 0 Å². The van der Waals surface area contributed by atoms with Gasteiger partial charge in [-0.2, -0.15) is 0 Å². The number of hydrogen-bond acceptors (Lipinski definition) is 4. The topological polar surface area (TPSA) is 44.8 Å². The Bertz CT molecular complexity index is 305. The van der Waals surface area contributed by atoms with E-state index in [-0.39, 0.29) is 17.1 Å². The minimum Gasteiger partial charge on any atom is -0.378 e. The Morgan fingerprint density at radius 1 is 1.44 bits per heavy atom. The number of hydrogen-bond donors (Lipinski definition) is 0. The van der Waals surface area contributed by atoms with Crippen molar-refractivity contribution in [1.29, 1.82) is 0 Å². The summed E-state index contributed by atoms with van der Waals surface area (Å²) in [4.78, 5) is 12.3. The van der Waals surface area contributed by atoms with E-state index < -0.39 is 0 Å². The van der Waals surface area contributed by atoms with E-state index in [1.54, 1.807) is 7.11 Å². The van der Waals surface area contributed by atoms with Gasteiger partial charge in [0.05, 0.1) is 17.8 Å². The molecular formula is C14H24O4. The smallest absolute Gasteiger partial charge is 0.139 e. The molecule has 1 spiro atoms. The minimum atomic E-state index is -0.366. The molecule has 0 aromatic carbocycles. The minimum absolute atomic E-state index is 0.106. The Kier molecular flexibility index (Phi) is 4.09. The lowest BCUT2D eigenvalue weighted by atomic mass is 9.80. The van der Waals surface area contributed by atoms with E-state index in [0.717, 1.165) is 25.9 Å². The van der Waals surface area contributed by atoms with Crippen molar-refractivity contribution >= 4 is 5.78 Å². The van der Waals surface area contributed by atoms with Crippen LogP contribution in [0.5, 0.6) is 0 Å². The number of carbonyl (C=O) groups is 1. The Hall–Kier alpha value is -0.450. The second-order valence-electron chi connectivity index (χ2n) is 6.13. The molecule has 2 aliphatic heterocycles. The fraction of sp³-hybridized carbons (Fsp3) is 0.929. The molecule has 2 atom stereocenters. The maximum atomic E-state index is 12.3. The van der Waals surface area contributed by atoms with Gasteiger partial charge in [-0.05, 0) is 26.7 Å². The van der Waals surface area contributed by atoms with Gasteiger partial charge in [0.1, 0.15) is 5.78 Å². The lowest BCUT2D eigenvalue weighted by Crippen LogP contribution is -2.43. The zero-order chi connectivity index (χ0) is 13.2. The number of carbonyl (C=O) groups excluding carboxylic acids is 1. The number of Topliss-reactive ketones (excluding diaryl/α,β-unsaturated/α-hetero) is 1. The highest BCUT2D eigenvalue weighted by molar-refractivity contribution is 5.82. The zero-order valence-corrected chi connectivity index (χ0v) is 11.7. The number of ketones is 1. The summed E-state index contributed by atoms with van der Waals surface area (Å²) in [6.07, 6.45) is 3.04. The maximum Gasteiger partial charge on any atom is 0.139 e. The van der Waals surface area contributed by atoms with E-state index in [0.29, 0.717) is 25.4 Å². The molecule has 4 heteroatoms. The molecule has 0 aromatic rings. The van der Waals surface area contributed by atoms with Gasteiger partial charge in [0, 0.05) is 39.1 Å². The van der Waals surface area contributed by atoms with Crippen LogP contribution in [0, 0.1) is 5.92 Å². The molecule has 2 aliphatic rings. The van der Waals surface area contributed by atoms with Gasteiger partial charge in [-0.1, -0.05) is 0 Å². The standard InChI is InChI=1S/C14H24O4/c1-13(2,16-3)9-12(15)11-4-6-18-14(8-11)5-7-17-10-14/h11H,4-10H2,1-3H3. The van der Waals surface area contributed by atoms with Crippen molar-refractivity contribution in [3.63, 3.8) is 0 Å². The Labute approximate surface area is 109 Å². The van der Waals surface area contributed by atoms with Crippen molar-refractivity contribution in [2.24, 2.45) is 5.92 Å². The zero-order valence-electron chi connectivity index (χ0n) is 11.7. The second kappa shape index (κ2) is 5.27. The maximum absolute atomic E-state index is 12.3. The molecule has 0 aliphatic carbocycles. The SMILES string of the molecule is COC(C)(C)CC(=O)C1CCOC2(CCOC2)C1. The molecule has 0 saturated carbocycles. The summed E-state index contributed by atoms with van der Waals surface area (Å²) >= 11 is 0. The molecule has 104 valence electrons. The van der Waals surface area contributed by atoms with Gasteiger partial charge in [-0.25, -0.2) is 0 Å². The molecule has 2 heterocycles. The molecule has 0 radical (unpaired) electrons. The second-order valence-corrected chi connectivity index (χ2v) is 6.13. The molecule has 2 fully saturated rings. The van der Waals surface area contributed by atoms with Crippen LogP contribution in [0.3, 0.4) is 0 Å². The van der Waals surface area contributed by atoms with Gasteiger partial charge in [0.25, 0.3) is 0 Å². The van der Waals surface area contributed by atoms with Gasteiger partial charge in [-0.15, -0.1) is 0 Å². The number of rotatable bonds is 4. The molecule has 2 rings (SSSR count). The van der Waals surface area contributed by atoms with Crippen molar-refractivity contribution in [2.45, 2.75) is 50.7 Å². The van der Waals surface area contributed by atoms with Gasteiger partial charge in [0.15, 0.2) is 0 Å². The molecule has 0 N–H and O–H groups in total. The average molecular weight is 256 g/mol. The summed E-state index contributed by atoms with van der Waals surface area (Å²) in [5.74, 6) is 0.409. The van der Waals surface area contributed by atoms with Crippen LogP contribution >= 0.6 is 0 Å². The van der Waals surface area contributed by atoms with Crippen LogP contribution in [0.4, 0.5) is 0 Å². The monoisotopic (exact) mass is 256 g/mol. The highest BCUT2D eigenvalue weighted by atomic mass is 16.6. The molecule has 4 nitrogen and oxygen atoms in total. The third-order valence-electron chi connectivity index (χ3n) is 4.17. The first-order valence-electron chi connectivity index (χ1n) is 6.76. The molecule has 0 aromatic heterocycles. The number of methoxy groups -OCH3 is 1. The predicted molar refractivity (Wildman–Crippen MR) is 67.6 cm³/mol. The lowest BCUT2D eigenvalue weighted by molar-refractivity contribution is -0.141. The van der Waals surface area contributed by atoms with Gasteiger partial charge >= 0.3 is 0 Å². The summed E-state index contributed by atoms with van der Waals surface area (Å²) in [6.45, 7) is 5.99. The van der Waals surface area contributed by atoms with Crippen molar-refractivity contribution in [1.82, 2.24) is 0 Å². The summed E-state index contributed by atoms with van der Waals surface area (Å²) < 4.78 is 16.6. The molecule has 2 unspecified atom stereocenters. The van der Waals surface area contributed by atoms with Crippen molar-refractivity contribution in [2.75, 3.05) is 26.9 Å². The van der Waals surface area contributed by atoms with Crippen LogP contribution in [0.1, 0.15) is 39.5 Å². The summed E-state index contributed by atoms with van der Waals surface area (Å²) in [5.41, 5.74) is -0.551. The molecule has 0 bridgehead atoms. The van der Waals surface area contributed by atoms with Gasteiger partial charge < -0.3 is 14.2 Å². The first-order chi connectivity index (χ1) is 8.46. The summed E-state index contributed by atoms with van der Waals surface area (Å²) in [7, 11) is 1.66. The van der Waals surface area contributed by atoms with E-state index >= 15 is 0 Å². The van der Waals surface area contributed by atoms with E-state index in [9.17, 15) is 4.79 Å². The largest absolute Gasteiger partial charge is 0.378 e. The highest BCUT2D eigenvalue weighted by Crippen LogP contribution is 2.37. The molecule has 18 heavy (non-hydrogen) atoms. The third kappa shape index (κ3) is 3.11. The Morgan fingerprint density at radius 3 is 2.83 bits per heavy atom. The first-order valence-corrected chi connectivity index (χ1v) is 6.76. The van der Waals surface area contributed by atoms with Crippen LogP contribution in [0.2, 0.25) is 0 Å². The van der Waals surface area contributed by atoms with Crippen LogP contribution in [0.15, 0.2) is 0 Å². The average Bonchev–Trinajstić information content (AvgIpc) is 2.77. The van der Waals surface area contributed by atoms with Gasteiger partial charge in [0.2, 0.25) is 0 Å². The Morgan fingerprint density at radius 2 is 2.22 bits per heavy atom. The van der Waals surface area contributed by atoms with E-state index in [1.807, 2.05) is 13.8 Å². The fourth-order valence-corrected chi connectivity index (χ4v) is 2.80. The van der Waals surface area contributed by atoms with E-state index in [4.69, 9.17) is 14.2 Å². The fourth-order valence-electron chi connectivity index (χ4n) is 2.80. The van der Waals surface area contributed by atoms with E-state index in [2.05, 4.69) is 0 Å². The van der Waals surface area contributed by atoms with Crippen molar-refractivity contribution < 1.29 is 19.0 Å². The lowest BCUT2D eigenvalue weighted by Gasteiger charge is -2.37.